The number of aromatic carboxylic acids is 1. The molecule has 0 spiro atoms. The van der Waals surface area contributed by atoms with Gasteiger partial charge in [0, 0.05) is 5.56 Å². The van der Waals surface area contributed by atoms with E-state index in [-0.39, 0.29) is 22.6 Å². The Bertz CT molecular complexity index is 781. The normalized spacial score (nSPS) is 9.17. The molecular weight excluding hydrogens is 344 g/mol. The third-order valence-corrected chi connectivity index (χ3v) is 3.31. The first-order valence-electron chi connectivity index (χ1n) is 7.05. The molecule has 0 aliphatic rings. The molecule has 0 aliphatic heterocycles. The van der Waals surface area contributed by atoms with Crippen molar-refractivity contribution in [2.24, 2.45) is 0 Å². The number of benzene rings is 1. The smallest absolute Gasteiger partial charge is 0.482 e. The average molecular weight is 360 g/mol. The monoisotopic (exact) mass is 360 g/mol. The fraction of sp³-hybridized carbons (Fsp3) is 0. The minimum atomic E-state index is -1.01. The Hall–Kier alpha value is -2.68. The molecule has 0 atom stereocenters. The molecule has 0 radical (unpaired) electrons. The summed E-state index contributed by atoms with van der Waals surface area (Å²) in [6.07, 6.45) is 2.35. The molecule has 3 aromatic rings. The van der Waals surface area contributed by atoms with Crippen LogP contribution in [-0.2, 0) is 17.1 Å². The molecular formula is C20H16FeO3. The summed E-state index contributed by atoms with van der Waals surface area (Å²) in [5.74, 6) is -1.01. The standard InChI is InChI=1S/C15H11O3.C5H5.Fe/c1-2-10-7-11(9-16)14(8-10)12-5-3-4-6-13(12)15(17)18;1-2-4-5-3-1;/h2-9H,1H2,(H,17,18);1-5H;/q2*-1;+2. The van der Waals surface area contributed by atoms with Gasteiger partial charge in [-0.1, -0.05) is 41.0 Å². The summed E-state index contributed by atoms with van der Waals surface area (Å²) in [6, 6.07) is 20.1. The molecule has 3 nitrogen and oxygen atoms in total. The third kappa shape index (κ3) is 4.66. The molecule has 0 unspecified atom stereocenters. The second-order valence-corrected chi connectivity index (χ2v) is 4.79. The number of carboxylic acids is 1. The summed E-state index contributed by atoms with van der Waals surface area (Å²) < 4.78 is 0. The van der Waals surface area contributed by atoms with E-state index in [1.165, 1.54) is 6.07 Å². The van der Waals surface area contributed by atoms with E-state index in [9.17, 15) is 9.59 Å². The van der Waals surface area contributed by atoms with E-state index in [1.807, 2.05) is 30.3 Å². The molecule has 0 aromatic heterocycles. The van der Waals surface area contributed by atoms with Crippen molar-refractivity contribution in [3.05, 3.63) is 90.0 Å². The third-order valence-electron chi connectivity index (χ3n) is 3.31. The predicted molar refractivity (Wildman–Crippen MR) is 91.9 cm³/mol. The average Bonchev–Trinajstić information content (AvgIpc) is 3.27. The molecule has 3 aromatic carbocycles. The van der Waals surface area contributed by atoms with E-state index < -0.39 is 5.97 Å². The maximum atomic E-state index is 11.2. The Labute approximate surface area is 151 Å². The van der Waals surface area contributed by atoms with Crippen LogP contribution in [0.1, 0.15) is 26.3 Å². The number of carboxylic acid groups (broad SMARTS) is 1. The van der Waals surface area contributed by atoms with Gasteiger partial charge >= 0.3 is 23.0 Å². The van der Waals surface area contributed by atoms with Gasteiger partial charge in [0.2, 0.25) is 0 Å². The number of hydrogen-bond acceptors (Lipinski definition) is 2. The first-order chi connectivity index (χ1) is 11.2. The number of aldehydes is 1. The SMILES string of the molecule is C=Cc1cc(C=O)[c-](-c2ccccc2C(=O)O)c1.[Fe+2].c1cc[cH-]c1. The van der Waals surface area contributed by atoms with Crippen LogP contribution in [0.25, 0.3) is 17.2 Å². The number of hydrogen-bond donors (Lipinski definition) is 1. The molecule has 0 bridgehead atoms. The van der Waals surface area contributed by atoms with E-state index in [0.717, 1.165) is 11.8 Å². The summed E-state index contributed by atoms with van der Waals surface area (Å²) in [6.45, 7) is 3.64. The van der Waals surface area contributed by atoms with Crippen molar-refractivity contribution in [3.63, 3.8) is 0 Å². The van der Waals surface area contributed by atoms with E-state index >= 15 is 0 Å². The Morgan fingerprint density at radius 2 is 1.83 bits per heavy atom. The van der Waals surface area contributed by atoms with Crippen molar-refractivity contribution >= 4 is 18.3 Å². The number of carbonyl (C=O) groups is 2. The summed E-state index contributed by atoms with van der Waals surface area (Å²) in [7, 11) is 0. The van der Waals surface area contributed by atoms with Crippen molar-refractivity contribution in [2.45, 2.75) is 0 Å². The van der Waals surface area contributed by atoms with E-state index in [1.54, 1.807) is 36.4 Å². The van der Waals surface area contributed by atoms with Crippen molar-refractivity contribution in [2.75, 3.05) is 0 Å². The molecule has 1 N–H and O–H groups in total. The second kappa shape index (κ2) is 9.46. The Kier molecular flexibility index (Phi) is 7.63. The first kappa shape index (κ1) is 19.4. The second-order valence-electron chi connectivity index (χ2n) is 4.79. The maximum absolute atomic E-state index is 11.2. The van der Waals surface area contributed by atoms with E-state index in [4.69, 9.17) is 5.11 Å². The van der Waals surface area contributed by atoms with Crippen LogP contribution in [0.15, 0.2) is 73.3 Å². The first-order valence-corrected chi connectivity index (χ1v) is 7.05. The molecule has 0 heterocycles. The van der Waals surface area contributed by atoms with Crippen molar-refractivity contribution < 1.29 is 31.8 Å². The predicted octanol–water partition coefficient (Wildman–Crippen LogP) is 4.63. The van der Waals surface area contributed by atoms with Gasteiger partial charge in [0.1, 0.15) is 0 Å². The van der Waals surface area contributed by atoms with Gasteiger partial charge in [-0.25, -0.2) is 12.1 Å². The van der Waals surface area contributed by atoms with Crippen LogP contribution in [0.2, 0.25) is 0 Å². The van der Waals surface area contributed by atoms with Gasteiger partial charge < -0.3 is 9.90 Å². The molecule has 0 saturated carbocycles. The zero-order valence-electron chi connectivity index (χ0n) is 12.8. The van der Waals surface area contributed by atoms with Gasteiger partial charge in [0.25, 0.3) is 0 Å². The van der Waals surface area contributed by atoms with Gasteiger partial charge in [-0.3, -0.25) is 4.79 Å². The van der Waals surface area contributed by atoms with Crippen LogP contribution in [0.3, 0.4) is 0 Å². The van der Waals surface area contributed by atoms with Crippen LogP contribution in [0.4, 0.5) is 0 Å². The molecule has 3 rings (SSSR count). The fourth-order valence-corrected chi connectivity index (χ4v) is 2.22. The van der Waals surface area contributed by atoms with Crippen molar-refractivity contribution in [1.82, 2.24) is 0 Å². The molecule has 0 saturated heterocycles. The largest absolute Gasteiger partial charge is 2.00 e. The van der Waals surface area contributed by atoms with Crippen LogP contribution < -0.4 is 0 Å². The molecule has 0 amide bonds. The molecule has 24 heavy (non-hydrogen) atoms. The zero-order chi connectivity index (χ0) is 16.7. The van der Waals surface area contributed by atoms with Gasteiger partial charge in [-0.05, 0) is 0 Å². The van der Waals surface area contributed by atoms with E-state index in [0.29, 0.717) is 16.7 Å². The minimum absolute atomic E-state index is 0. The Balaban J connectivity index is 0.000000412. The number of carbonyl (C=O) groups excluding carboxylic acids is 1. The van der Waals surface area contributed by atoms with Gasteiger partial charge in [-0.15, -0.1) is 30.3 Å². The van der Waals surface area contributed by atoms with Crippen LogP contribution in [0.5, 0.6) is 0 Å². The van der Waals surface area contributed by atoms with Gasteiger partial charge in [0.15, 0.2) is 0 Å². The maximum Gasteiger partial charge on any atom is 2.00 e. The minimum Gasteiger partial charge on any atom is -0.482 e. The molecule has 122 valence electrons. The molecule has 4 heteroatoms. The van der Waals surface area contributed by atoms with Gasteiger partial charge in [-0.2, -0.15) is 18.2 Å². The zero-order valence-corrected chi connectivity index (χ0v) is 13.9. The van der Waals surface area contributed by atoms with E-state index in [2.05, 4.69) is 6.58 Å². The summed E-state index contributed by atoms with van der Waals surface area (Å²) >= 11 is 0. The topological polar surface area (TPSA) is 54.4 Å². The Morgan fingerprint density at radius 3 is 2.33 bits per heavy atom. The molecule has 0 aliphatic carbocycles. The summed E-state index contributed by atoms with van der Waals surface area (Å²) in [4.78, 5) is 22.2. The van der Waals surface area contributed by atoms with Crippen LogP contribution >= 0.6 is 0 Å². The summed E-state index contributed by atoms with van der Waals surface area (Å²) in [5.41, 5.74) is 2.62. The fourth-order valence-electron chi connectivity index (χ4n) is 2.22. The van der Waals surface area contributed by atoms with Crippen molar-refractivity contribution in [3.8, 4) is 11.1 Å². The van der Waals surface area contributed by atoms with Gasteiger partial charge in [0.05, 0.1) is 6.29 Å². The molecule has 0 fully saturated rings. The number of rotatable bonds is 4. The quantitative estimate of drug-likeness (QED) is 0.419. The van der Waals surface area contributed by atoms with Crippen LogP contribution in [0, 0.1) is 0 Å². The summed E-state index contributed by atoms with van der Waals surface area (Å²) in [5, 5.41) is 9.15. The Morgan fingerprint density at radius 1 is 1.17 bits per heavy atom. The van der Waals surface area contributed by atoms with Crippen LogP contribution in [-0.4, -0.2) is 17.4 Å². The van der Waals surface area contributed by atoms with Crippen molar-refractivity contribution in [1.29, 1.82) is 0 Å².